The topological polar surface area (TPSA) is 24.7 Å². The molecule has 0 fully saturated rings. The molecule has 0 saturated carbocycles. The summed E-state index contributed by atoms with van der Waals surface area (Å²) in [6.45, 7) is 6.76. The lowest BCUT2D eigenvalue weighted by Crippen LogP contribution is -1.52. The molecule has 0 aromatic carbocycles. The summed E-state index contributed by atoms with van der Waals surface area (Å²) < 4.78 is 0. The van der Waals surface area contributed by atoms with E-state index in [1.54, 1.807) is 11.3 Å². The van der Waals surface area contributed by atoms with Crippen molar-refractivity contribution >= 4 is 36.1 Å². The second kappa shape index (κ2) is 2.55. The normalized spacial score (nSPS) is 8.89. The van der Waals surface area contributed by atoms with Crippen LogP contribution in [0.1, 0.15) is 0 Å². The molecule has 1 rings (SSSR count). The van der Waals surface area contributed by atoms with E-state index >= 15 is 0 Å². The molecule has 0 aliphatic carbocycles. The number of aliphatic imine (C=N–C) groups is 2. The molecule has 1 aromatic heterocycles. The molecule has 1 heterocycles. The number of nitrogens with zero attached hydrogens (tertiary/aromatic N) is 2. The zero-order valence-electron chi connectivity index (χ0n) is 4.87. The van der Waals surface area contributed by atoms with Crippen LogP contribution in [0.4, 0.5) is 11.4 Å². The van der Waals surface area contributed by atoms with Gasteiger partial charge in [-0.05, 0) is 13.4 Å². The number of hydrogen-bond acceptors (Lipinski definition) is 3. The van der Waals surface area contributed by atoms with Crippen LogP contribution in [-0.4, -0.2) is 13.4 Å². The maximum Gasteiger partial charge on any atom is 0.0985 e. The van der Waals surface area contributed by atoms with Gasteiger partial charge in [0.25, 0.3) is 0 Å². The lowest BCUT2D eigenvalue weighted by atomic mass is 10.5. The van der Waals surface area contributed by atoms with Crippen LogP contribution >= 0.6 is 11.3 Å². The van der Waals surface area contributed by atoms with Crippen LogP contribution in [0.3, 0.4) is 0 Å². The van der Waals surface area contributed by atoms with Gasteiger partial charge >= 0.3 is 0 Å². The molecule has 9 heavy (non-hydrogen) atoms. The van der Waals surface area contributed by atoms with Gasteiger partial charge in [0.15, 0.2) is 0 Å². The van der Waals surface area contributed by atoms with Crippen molar-refractivity contribution in [2.75, 3.05) is 0 Å². The Balaban J connectivity index is 3.12. The Morgan fingerprint density at radius 1 is 1.11 bits per heavy atom. The molecule has 0 radical (unpaired) electrons. The lowest BCUT2D eigenvalue weighted by molar-refractivity contribution is 1.54. The maximum atomic E-state index is 3.73. The molecule has 1 aromatic rings. The molecule has 0 amide bonds. The highest BCUT2D eigenvalue weighted by molar-refractivity contribution is 7.08. The average Bonchev–Trinajstić information content (AvgIpc) is 2.33. The standard InChI is InChI=1S/C6H6N2S/c1-7-5-3-9-4-6(5)8-2/h3-4H,1-2H2. The monoisotopic (exact) mass is 138 g/mol. The van der Waals surface area contributed by atoms with Crippen LogP contribution in [-0.2, 0) is 0 Å². The largest absolute Gasteiger partial charge is 0.262 e. The first-order chi connectivity index (χ1) is 4.38. The van der Waals surface area contributed by atoms with Gasteiger partial charge in [-0.2, -0.15) is 0 Å². The molecular weight excluding hydrogens is 132 g/mol. The van der Waals surface area contributed by atoms with Crippen LogP contribution in [0.5, 0.6) is 0 Å². The molecule has 0 bridgehead atoms. The van der Waals surface area contributed by atoms with Gasteiger partial charge in [-0.1, -0.05) is 0 Å². The van der Waals surface area contributed by atoms with Crippen molar-refractivity contribution in [2.24, 2.45) is 9.98 Å². The van der Waals surface area contributed by atoms with E-state index in [1.165, 1.54) is 0 Å². The minimum atomic E-state index is 0.815. The molecule has 3 heteroatoms. The van der Waals surface area contributed by atoms with E-state index in [-0.39, 0.29) is 0 Å². The summed E-state index contributed by atoms with van der Waals surface area (Å²) in [5.74, 6) is 0. The van der Waals surface area contributed by atoms with Crippen molar-refractivity contribution in [2.45, 2.75) is 0 Å². The van der Waals surface area contributed by atoms with E-state index in [0.29, 0.717) is 0 Å². The Labute approximate surface area is 57.6 Å². The van der Waals surface area contributed by atoms with Crippen LogP contribution in [0, 0.1) is 0 Å². The Kier molecular flexibility index (Phi) is 1.75. The van der Waals surface area contributed by atoms with E-state index in [0.717, 1.165) is 11.4 Å². The minimum absolute atomic E-state index is 0.815. The van der Waals surface area contributed by atoms with E-state index < -0.39 is 0 Å². The van der Waals surface area contributed by atoms with E-state index in [1.807, 2.05) is 10.8 Å². The summed E-state index contributed by atoms with van der Waals surface area (Å²) in [5.41, 5.74) is 1.63. The van der Waals surface area contributed by atoms with Gasteiger partial charge < -0.3 is 0 Å². The predicted octanol–water partition coefficient (Wildman–Crippen LogP) is 2.41. The number of thiophene rings is 1. The molecule has 46 valence electrons. The predicted molar refractivity (Wildman–Crippen MR) is 42.7 cm³/mol. The van der Waals surface area contributed by atoms with Crippen LogP contribution in [0.25, 0.3) is 0 Å². The smallest absolute Gasteiger partial charge is 0.0985 e. The first kappa shape index (κ1) is 6.16. The van der Waals surface area contributed by atoms with Crippen molar-refractivity contribution in [3.63, 3.8) is 0 Å². The Bertz CT molecular complexity index is 204. The Morgan fingerprint density at radius 2 is 1.56 bits per heavy atom. The van der Waals surface area contributed by atoms with Gasteiger partial charge in [0.1, 0.15) is 0 Å². The molecule has 0 spiro atoms. The van der Waals surface area contributed by atoms with Crippen molar-refractivity contribution in [1.29, 1.82) is 0 Å². The van der Waals surface area contributed by atoms with Gasteiger partial charge in [-0.25, -0.2) is 0 Å². The first-order valence-electron chi connectivity index (χ1n) is 2.38. The summed E-state index contributed by atoms with van der Waals surface area (Å²) in [5, 5.41) is 3.77. The quantitative estimate of drug-likeness (QED) is 0.561. The fraction of sp³-hybridized carbons (Fsp3) is 0. The number of hydrogen-bond donors (Lipinski definition) is 0. The van der Waals surface area contributed by atoms with E-state index in [2.05, 4.69) is 23.4 Å². The highest BCUT2D eigenvalue weighted by Gasteiger charge is 1.95. The Morgan fingerprint density at radius 3 is 1.89 bits per heavy atom. The Hall–Kier alpha value is -0.960. The minimum Gasteiger partial charge on any atom is -0.262 e. The van der Waals surface area contributed by atoms with Gasteiger partial charge in [0.05, 0.1) is 11.4 Å². The summed E-state index contributed by atoms with van der Waals surface area (Å²) in [6, 6.07) is 0. The third kappa shape index (κ3) is 1.05. The molecule has 0 aliphatic heterocycles. The zero-order chi connectivity index (χ0) is 6.69. The molecule has 2 nitrogen and oxygen atoms in total. The van der Waals surface area contributed by atoms with Crippen molar-refractivity contribution in [3.05, 3.63) is 10.8 Å². The molecular formula is C6H6N2S. The second-order valence-corrected chi connectivity index (χ2v) is 2.20. The molecule has 0 N–H and O–H groups in total. The molecule has 0 atom stereocenters. The van der Waals surface area contributed by atoms with Crippen LogP contribution in [0.15, 0.2) is 20.7 Å². The van der Waals surface area contributed by atoms with E-state index in [9.17, 15) is 0 Å². The molecule has 0 saturated heterocycles. The number of rotatable bonds is 2. The zero-order valence-corrected chi connectivity index (χ0v) is 5.69. The van der Waals surface area contributed by atoms with Crippen molar-refractivity contribution in [3.8, 4) is 0 Å². The summed E-state index contributed by atoms with van der Waals surface area (Å²) in [4.78, 5) is 7.46. The van der Waals surface area contributed by atoms with Crippen molar-refractivity contribution in [1.82, 2.24) is 0 Å². The second-order valence-electron chi connectivity index (χ2n) is 1.46. The first-order valence-corrected chi connectivity index (χ1v) is 3.32. The fourth-order valence-electron chi connectivity index (χ4n) is 0.520. The SMILES string of the molecule is C=Nc1cscc1N=C. The summed E-state index contributed by atoms with van der Waals surface area (Å²) >= 11 is 1.55. The van der Waals surface area contributed by atoms with Gasteiger partial charge in [0.2, 0.25) is 0 Å². The summed E-state index contributed by atoms with van der Waals surface area (Å²) in [7, 11) is 0. The maximum absolute atomic E-state index is 3.73. The highest BCUT2D eigenvalue weighted by Crippen LogP contribution is 2.30. The van der Waals surface area contributed by atoms with Crippen LogP contribution in [0.2, 0.25) is 0 Å². The van der Waals surface area contributed by atoms with Crippen LogP contribution < -0.4 is 0 Å². The van der Waals surface area contributed by atoms with E-state index in [4.69, 9.17) is 0 Å². The van der Waals surface area contributed by atoms with Gasteiger partial charge in [-0.3, -0.25) is 9.98 Å². The fourth-order valence-corrected chi connectivity index (χ4v) is 1.24. The summed E-state index contributed by atoms with van der Waals surface area (Å²) in [6.07, 6.45) is 0. The molecule has 0 unspecified atom stereocenters. The highest BCUT2D eigenvalue weighted by atomic mass is 32.1. The van der Waals surface area contributed by atoms with Gasteiger partial charge in [0, 0.05) is 10.8 Å². The van der Waals surface area contributed by atoms with Gasteiger partial charge in [-0.15, -0.1) is 11.3 Å². The van der Waals surface area contributed by atoms with Crippen molar-refractivity contribution < 1.29 is 0 Å². The third-order valence-electron chi connectivity index (χ3n) is 0.962. The molecule has 0 aliphatic rings. The average molecular weight is 138 g/mol. The lowest BCUT2D eigenvalue weighted by Gasteiger charge is -1.84. The third-order valence-corrected chi connectivity index (χ3v) is 1.68.